The number of piperidine rings is 1. The van der Waals surface area contributed by atoms with Crippen molar-refractivity contribution in [3.63, 3.8) is 0 Å². The number of nitrogens with two attached hydrogens (primary N) is 1. The Balaban J connectivity index is 2.02. The highest BCUT2D eigenvalue weighted by Crippen LogP contribution is 2.45. The lowest BCUT2D eigenvalue weighted by atomic mass is 9.74. The minimum Gasteiger partial charge on any atom is -0.495 e. The SMILES string of the molecule is COc1ccc(CNC(=O)C2(c3ccccc3)CC(Cl)(C(=O)O)CCN2C(N)=O)cc1Cl. The Labute approximate surface area is 195 Å². The van der Waals surface area contributed by atoms with Crippen molar-refractivity contribution >= 4 is 41.1 Å². The Bertz CT molecular complexity index is 1040. The van der Waals surface area contributed by atoms with Gasteiger partial charge < -0.3 is 25.8 Å². The van der Waals surface area contributed by atoms with E-state index in [0.29, 0.717) is 21.9 Å². The highest BCUT2D eigenvalue weighted by atomic mass is 35.5. The second kappa shape index (κ2) is 9.26. The normalized spacial score (nSPS) is 22.8. The molecule has 1 aliphatic heterocycles. The molecular weight excluding hydrogens is 457 g/mol. The predicted octanol–water partition coefficient (Wildman–Crippen LogP) is 3.10. The van der Waals surface area contributed by atoms with Crippen molar-refractivity contribution < 1.29 is 24.2 Å². The third-order valence-electron chi connectivity index (χ3n) is 5.67. The van der Waals surface area contributed by atoms with Gasteiger partial charge in [0.1, 0.15) is 10.6 Å². The van der Waals surface area contributed by atoms with Crippen LogP contribution in [0.3, 0.4) is 0 Å². The van der Waals surface area contributed by atoms with E-state index in [0.717, 1.165) is 0 Å². The van der Waals surface area contributed by atoms with Crippen LogP contribution in [0.2, 0.25) is 5.02 Å². The van der Waals surface area contributed by atoms with Crippen LogP contribution in [0.25, 0.3) is 0 Å². The molecule has 4 N–H and O–H groups in total. The van der Waals surface area contributed by atoms with Gasteiger partial charge in [-0.1, -0.05) is 48.0 Å². The number of likely N-dealkylation sites (tertiary alicyclic amines) is 1. The van der Waals surface area contributed by atoms with E-state index in [1.807, 2.05) is 0 Å². The molecule has 170 valence electrons. The molecule has 2 atom stereocenters. The lowest BCUT2D eigenvalue weighted by molar-refractivity contribution is -0.146. The van der Waals surface area contributed by atoms with Gasteiger partial charge in [0.2, 0.25) is 0 Å². The number of carbonyl (C=O) groups is 3. The first-order valence-electron chi connectivity index (χ1n) is 9.79. The largest absolute Gasteiger partial charge is 0.495 e. The first kappa shape index (κ1) is 23.7. The number of aliphatic carboxylic acids is 1. The van der Waals surface area contributed by atoms with Crippen LogP contribution < -0.4 is 15.8 Å². The molecule has 3 amide bonds. The third-order valence-corrected chi connectivity index (χ3v) is 6.45. The topological polar surface area (TPSA) is 122 Å². The summed E-state index contributed by atoms with van der Waals surface area (Å²) in [4.78, 5) is 37.4. The number of hydrogen-bond donors (Lipinski definition) is 3. The minimum absolute atomic E-state index is 0.0528. The first-order valence-corrected chi connectivity index (χ1v) is 10.6. The van der Waals surface area contributed by atoms with Crippen molar-refractivity contribution in [1.82, 2.24) is 10.2 Å². The van der Waals surface area contributed by atoms with Gasteiger partial charge in [-0.3, -0.25) is 9.59 Å². The first-order chi connectivity index (χ1) is 15.1. The molecule has 2 unspecified atom stereocenters. The molecule has 2 aromatic rings. The van der Waals surface area contributed by atoms with Crippen LogP contribution in [0.5, 0.6) is 5.75 Å². The molecule has 1 aliphatic rings. The molecule has 1 saturated heterocycles. The van der Waals surface area contributed by atoms with Crippen LogP contribution in [0.1, 0.15) is 24.0 Å². The second-order valence-corrected chi connectivity index (χ2v) is 8.70. The van der Waals surface area contributed by atoms with Gasteiger partial charge in [0, 0.05) is 19.5 Å². The van der Waals surface area contributed by atoms with Crippen LogP contribution in [0.15, 0.2) is 48.5 Å². The average Bonchev–Trinajstić information content (AvgIpc) is 2.77. The molecule has 0 radical (unpaired) electrons. The maximum absolute atomic E-state index is 13.7. The van der Waals surface area contributed by atoms with Crippen molar-refractivity contribution in [2.45, 2.75) is 29.8 Å². The number of carboxylic acids is 1. The van der Waals surface area contributed by atoms with Gasteiger partial charge in [-0.25, -0.2) is 4.79 Å². The van der Waals surface area contributed by atoms with E-state index in [1.54, 1.807) is 48.5 Å². The zero-order valence-corrected chi connectivity index (χ0v) is 18.8. The lowest BCUT2D eigenvalue weighted by Gasteiger charge is -2.49. The molecule has 32 heavy (non-hydrogen) atoms. The Morgan fingerprint density at radius 3 is 2.47 bits per heavy atom. The van der Waals surface area contributed by atoms with E-state index < -0.39 is 28.3 Å². The number of halogens is 2. The summed E-state index contributed by atoms with van der Waals surface area (Å²) in [6.45, 7) is -0.0199. The van der Waals surface area contributed by atoms with E-state index in [2.05, 4.69) is 5.32 Å². The van der Waals surface area contributed by atoms with E-state index >= 15 is 0 Å². The molecule has 0 aromatic heterocycles. The molecule has 1 heterocycles. The fourth-order valence-electron chi connectivity index (χ4n) is 4.00. The average molecular weight is 480 g/mol. The molecule has 0 bridgehead atoms. The molecule has 1 fully saturated rings. The molecule has 3 rings (SSSR count). The number of nitrogens with zero attached hydrogens (tertiary/aromatic N) is 1. The van der Waals surface area contributed by atoms with Gasteiger partial charge in [0.25, 0.3) is 5.91 Å². The van der Waals surface area contributed by atoms with Crippen molar-refractivity contribution in [2.24, 2.45) is 5.73 Å². The van der Waals surface area contributed by atoms with Crippen molar-refractivity contribution in [3.05, 3.63) is 64.7 Å². The Morgan fingerprint density at radius 1 is 1.22 bits per heavy atom. The van der Waals surface area contributed by atoms with E-state index in [4.69, 9.17) is 33.7 Å². The summed E-state index contributed by atoms with van der Waals surface area (Å²) >= 11 is 12.6. The quantitative estimate of drug-likeness (QED) is 0.549. The standard InChI is InChI=1S/C22H23Cl2N3O5/c1-32-17-8-7-14(11-16(17)23)12-26-18(28)22(15-5-3-2-4-6-15)13-21(24,19(29)30)9-10-27(22)20(25)31/h2-8,11H,9-10,12-13H2,1H3,(H2,25,31)(H,26,28)(H,29,30). The monoisotopic (exact) mass is 479 g/mol. The Hall–Kier alpha value is -2.97. The van der Waals surface area contributed by atoms with E-state index in [-0.39, 0.29) is 25.9 Å². The molecule has 0 saturated carbocycles. The Kier molecular flexibility index (Phi) is 6.85. The van der Waals surface area contributed by atoms with Crippen LogP contribution in [0.4, 0.5) is 4.79 Å². The minimum atomic E-state index is -1.75. The van der Waals surface area contributed by atoms with Gasteiger partial charge in [-0.15, -0.1) is 11.6 Å². The van der Waals surface area contributed by atoms with Gasteiger partial charge in [-0.2, -0.15) is 0 Å². The Morgan fingerprint density at radius 2 is 1.91 bits per heavy atom. The van der Waals surface area contributed by atoms with Gasteiger partial charge in [-0.05, 0) is 29.7 Å². The number of rotatable bonds is 6. The fourth-order valence-corrected chi connectivity index (χ4v) is 4.56. The highest BCUT2D eigenvalue weighted by molar-refractivity contribution is 6.34. The number of benzene rings is 2. The lowest BCUT2D eigenvalue weighted by Crippen LogP contribution is -2.66. The van der Waals surface area contributed by atoms with Gasteiger partial charge in [0.05, 0.1) is 12.1 Å². The molecular formula is C22H23Cl2N3O5. The van der Waals surface area contributed by atoms with Crippen LogP contribution in [0, 0.1) is 0 Å². The van der Waals surface area contributed by atoms with Gasteiger partial charge >= 0.3 is 12.0 Å². The summed E-state index contributed by atoms with van der Waals surface area (Å²) in [6.07, 6.45) is -0.401. The van der Waals surface area contributed by atoms with Crippen LogP contribution in [-0.4, -0.2) is 46.4 Å². The summed E-state index contributed by atoms with van der Waals surface area (Å²) < 4.78 is 5.13. The summed E-state index contributed by atoms with van der Waals surface area (Å²) in [7, 11) is 1.49. The number of ether oxygens (including phenoxy) is 1. The third kappa shape index (κ3) is 4.33. The molecule has 10 heteroatoms. The highest BCUT2D eigenvalue weighted by Gasteiger charge is 2.58. The number of carbonyl (C=O) groups excluding carboxylic acids is 2. The number of carboxylic acid groups (broad SMARTS) is 1. The molecule has 0 aliphatic carbocycles. The maximum Gasteiger partial charge on any atom is 0.324 e. The van der Waals surface area contributed by atoms with Crippen LogP contribution in [-0.2, 0) is 21.7 Å². The number of hydrogen-bond acceptors (Lipinski definition) is 4. The summed E-state index contributed by atoms with van der Waals surface area (Å²) in [5, 5.41) is 12.9. The number of alkyl halides is 1. The van der Waals surface area contributed by atoms with Gasteiger partial charge in [0.15, 0.2) is 5.54 Å². The molecule has 2 aromatic carbocycles. The molecule has 8 nitrogen and oxygen atoms in total. The number of urea groups is 1. The van der Waals surface area contributed by atoms with E-state index in [1.165, 1.54) is 12.0 Å². The summed E-state index contributed by atoms with van der Waals surface area (Å²) in [6, 6.07) is 12.6. The summed E-state index contributed by atoms with van der Waals surface area (Å²) in [5.41, 5.74) is 5.02. The number of methoxy groups -OCH3 is 1. The zero-order valence-electron chi connectivity index (χ0n) is 17.3. The van der Waals surface area contributed by atoms with Crippen molar-refractivity contribution in [3.8, 4) is 5.75 Å². The molecule has 0 spiro atoms. The number of amides is 3. The summed E-state index contributed by atoms with van der Waals surface area (Å²) in [5.74, 6) is -1.37. The predicted molar refractivity (Wildman–Crippen MR) is 120 cm³/mol. The fraction of sp³-hybridized carbons (Fsp3) is 0.318. The smallest absolute Gasteiger partial charge is 0.324 e. The van der Waals surface area contributed by atoms with Crippen molar-refractivity contribution in [2.75, 3.05) is 13.7 Å². The van der Waals surface area contributed by atoms with Crippen LogP contribution >= 0.6 is 23.2 Å². The zero-order chi connectivity index (χ0) is 23.5. The van der Waals surface area contributed by atoms with Crippen molar-refractivity contribution in [1.29, 1.82) is 0 Å². The number of primary amides is 1. The second-order valence-electron chi connectivity index (χ2n) is 7.56. The van der Waals surface area contributed by atoms with E-state index in [9.17, 15) is 19.5 Å². The maximum atomic E-state index is 13.7. The number of nitrogens with one attached hydrogen (secondary N) is 1.